The molecule has 1 unspecified atom stereocenters. The third-order valence-corrected chi connectivity index (χ3v) is 5.73. The third kappa shape index (κ3) is 3.46. The normalized spacial score (nSPS) is 13.1. The molecule has 0 bridgehead atoms. The molecule has 2 aromatic heterocycles. The van der Waals surface area contributed by atoms with E-state index in [1.165, 1.54) is 17.4 Å². The standard InChI is InChI=1S/C21H20F2N2OS/c1-11(2)13-6-15(22)20-17(8-13)26-19(25-20)5-4-12(3)14-7-16(23)21-18(9-14)27-10-24-21/h6-12H,4-5H2,1-3H3. The number of oxazole rings is 1. The lowest BCUT2D eigenvalue weighted by atomic mass is 9.96. The Labute approximate surface area is 160 Å². The van der Waals surface area contributed by atoms with Gasteiger partial charge in [0, 0.05) is 6.42 Å². The highest BCUT2D eigenvalue weighted by molar-refractivity contribution is 7.16. The average molecular weight is 386 g/mol. The van der Waals surface area contributed by atoms with E-state index in [1.54, 1.807) is 11.6 Å². The van der Waals surface area contributed by atoms with Gasteiger partial charge >= 0.3 is 0 Å². The number of aryl methyl sites for hydroxylation is 1. The highest BCUT2D eigenvalue weighted by Crippen LogP contribution is 2.30. The summed E-state index contributed by atoms with van der Waals surface area (Å²) in [7, 11) is 0. The maximum Gasteiger partial charge on any atom is 0.195 e. The predicted octanol–water partition coefficient (Wildman–Crippen LogP) is 6.58. The monoisotopic (exact) mass is 386 g/mol. The summed E-state index contributed by atoms with van der Waals surface area (Å²) in [5, 5.41) is 0. The van der Waals surface area contributed by atoms with Crippen LogP contribution >= 0.6 is 11.3 Å². The van der Waals surface area contributed by atoms with Gasteiger partial charge in [-0.3, -0.25) is 0 Å². The van der Waals surface area contributed by atoms with Crippen LogP contribution in [0.5, 0.6) is 0 Å². The molecule has 0 aliphatic heterocycles. The van der Waals surface area contributed by atoms with Crippen LogP contribution in [0.2, 0.25) is 0 Å². The van der Waals surface area contributed by atoms with Crippen LogP contribution in [-0.4, -0.2) is 9.97 Å². The average Bonchev–Trinajstić information content (AvgIpc) is 3.26. The Morgan fingerprint density at radius 2 is 1.74 bits per heavy atom. The molecule has 0 saturated heterocycles. The Balaban J connectivity index is 1.54. The molecule has 4 aromatic rings. The first kappa shape index (κ1) is 18.0. The molecule has 140 valence electrons. The van der Waals surface area contributed by atoms with Crippen LogP contribution < -0.4 is 0 Å². The van der Waals surface area contributed by atoms with E-state index < -0.39 is 0 Å². The van der Waals surface area contributed by atoms with E-state index >= 15 is 0 Å². The van der Waals surface area contributed by atoms with Crippen molar-refractivity contribution in [2.45, 2.75) is 45.4 Å². The van der Waals surface area contributed by atoms with E-state index in [0.717, 1.165) is 22.2 Å². The predicted molar refractivity (Wildman–Crippen MR) is 104 cm³/mol. The lowest BCUT2D eigenvalue weighted by Crippen LogP contribution is -1.98. The lowest BCUT2D eigenvalue weighted by molar-refractivity contribution is 0.505. The second-order valence-electron chi connectivity index (χ2n) is 7.25. The van der Waals surface area contributed by atoms with Crippen molar-refractivity contribution < 1.29 is 13.2 Å². The number of hydrogen-bond donors (Lipinski definition) is 0. The Hall–Kier alpha value is -2.34. The van der Waals surface area contributed by atoms with Crippen molar-refractivity contribution in [3.8, 4) is 0 Å². The van der Waals surface area contributed by atoms with E-state index in [2.05, 4.69) is 9.97 Å². The Bertz CT molecular complexity index is 1120. The van der Waals surface area contributed by atoms with Crippen molar-refractivity contribution in [3.05, 3.63) is 58.4 Å². The summed E-state index contributed by atoms with van der Waals surface area (Å²) in [4.78, 5) is 8.36. The van der Waals surface area contributed by atoms with Crippen molar-refractivity contribution in [3.63, 3.8) is 0 Å². The fraction of sp³-hybridized carbons (Fsp3) is 0.333. The van der Waals surface area contributed by atoms with Gasteiger partial charge in [0.1, 0.15) is 11.0 Å². The number of thiazole rings is 1. The van der Waals surface area contributed by atoms with Gasteiger partial charge in [-0.1, -0.05) is 20.8 Å². The number of benzene rings is 2. The van der Waals surface area contributed by atoms with E-state index in [1.807, 2.05) is 32.9 Å². The fourth-order valence-electron chi connectivity index (χ4n) is 3.23. The number of aromatic nitrogens is 2. The zero-order valence-corrected chi connectivity index (χ0v) is 16.2. The van der Waals surface area contributed by atoms with Gasteiger partial charge in [-0.2, -0.15) is 0 Å². The summed E-state index contributed by atoms with van der Waals surface area (Å²) in [6, 6.07) is 6.92. The number of rotatable bonds is 5. The van der Waals surface area contributed by atoms with Gasteiger partial charge < -0.3 is 4.42 Å². The molecule has 27 heavy (non-hydrogen) atoms. The maximum atomic E-state index is 14.3. The van der Waals surface area contributed by atoms with Crippen LogP contribution in [0.4, 0.5) is 8.78 Å². The van der Waals surface area contributed by atoms with Crippen LogP contribution in [-0.2, 0) is 6.42 Å². The zero-order valence-electron chi connectivity index (χ0n) is 15.4. The van der Waals surface area contributed by atoms with E-state index in [-0.39, 0.29) is 29.0 Å². The highest BCUT2D eigenvalue weighted by atomic mass is 32.1. The molecule has 0 fully saturated rings. The number of nitrogens with zero attached hydrogens (tertiary/aromatic N) is 2. The second kappa shape index (κ2) is 7.00. The number of fused-ring (bicyclic) bond motifs is 2. The number of hydrogen-bond acceptors (Lipinski definition) is 4. The molecule has 0 radical (unpaired) electrons. The number of halogens is 2. The summed E-state index contributed by atoms with van der Waals surface area (Å²) in [6.07, 6.45) is 1.30. The SMILES string of the molecule is CC(C)c1cc(F)c2nc(CCC(C)c3cc(F)c4ncsc4c3)oc2c1. The first-order valence-corrected chi connectivity index (χ1v) is 9.92. The first-order chi connectivity index (χ1) is 12.9. The fourth-order valence-corrected chi connectivity index (χ4v) is 3.97. The van der Waals surface area contributed by atoms with Crippen LogP contribution in [0, 0.1) is 11.6 Å². The van der Waals surface area contributed by atoms with Crippen LogP contribution in [0.3, 0.4) is 0 Å². The molecule has 0 aliphatic carbocycles. The minimum atomic E-state index is -0.350. The van der Waals surface area contributed by atoms with Crippen molar-refractivity contribution in [1.29, 1.82) is 0 Å². The smallest absolute Gasteiger partial charge is 0.195 e. The van der Waals surface area contributed by atoms with Gasteiger partial charge in [0.2, 0.25) is 0 Å². The quantitative estimate of drug-likeness (QED) is 0.389. The summed E-state index contributed by atoms with van der Waals surface area (Å²) in [5.74, 6) is 0.208. The lowest BCUT2D eigenvalue weighted by Gasteiger charge is -2.11. The highest BCUT2D eigenvalue weighted by Gasteiger charge is 2.16. The Morgan fingerprint density at radius 1 is 1.00 bits per heavy atom. The third-order valence-electron chi connectivity index (χ3n) is 4.95. The van der Waals surface area contributed by atoms with E-state index in [9.17, 15) is 8.78 Å². The second-order valence-corrected chi connectivity index (χ2v) is 8.14. The summed E-state index contributed by atoms with van der Waals surface area (Å²) in [6.45, 7) is 6.07. The first-order valence-electron chi connectivity index (χ1n) is 9.04. The van der Waals surface area contributed by atoms with Gasteiger partial charge in [-0.05, 0) is 53.6 Å². The van der Waals surface area contributed by atoms with Crippen LogP contribution in [0.1, 0.15) is 56.0 Å². The molecule has 2 aromatic carbocycles. The van der Waals surface area contributed by atoms with Gasteiger partial charge in [0.05, 0.1) is 10.2 Å². The van der Waals surface area contributed by atoms with Crippen LogP contribution in [0.15, 0.2) is 34.2 Å². The Morgan fingerprint density at radius 3 is 2.52 bits per heavy atom. The largest absolute Gasteiger partial charge is 0.441 e. The van der Waals surface area contributed by atoms with Crippen molar-refractivity contribution in [2.24, 2.45) is 0 Å². The molecular formula is C21H20F2N2OS. The van der Waals surface area contributed by atoms with Crippen LogP contribution in [0.25, 0.3) is 21.3 Å². The van der Waals surface area contributed by atoms with Crippen molar-refractivity contribution in [1.82, 2.24) is 9.97 Å². The summed E-state index contributed by atoms with van der Waals surface area (Å²) in [5.41, 5.74) is 4.66. The molecule has 0 N–H and O–H groups in total. The maximum absolute atomic E-state index is 14.3. The van der Waals surface area contributed by atoms with Crippen molar-refractivity contribution in [2.75, 3.05) is 0 Å². The summed E-state index contributed by atoms with van der Waals surface area (Å²) < 4.78 is 35.1. The minimum Gasteiger partial charge on any atom is -0.441 e. The van der Waals surface area contributed by atoms with Gasteiger partial charge in [-0.15, -0.1) is 11.3 Å². The molecule has 0 saturated carbocycles. The topological polar surface area (TPSA) is 38.9 Å². The molecule has 0 amide bonds. The van der Waals surface area contributed by atoms with Gasteiger partial charge in [0.25, 0.3) is 0 Å². The van der Waals surface area contributed by atoms with E-state index in [4.69, 9.17) is 4.42 Å². The van der Waals surface area contributed by atoms with E-state index in [0.29, 0.717) is 23.4 Å². The minimum absolute atomic E-state index is 0.122. The van der Waals surface area contributed by atoms with Gasteiger partial charge in [-0.25, -0.2) is 18.7 Å². The van der Waals surface area contributed by atoms with Crippen molar-refractivity contribution >= 4 is 32.7 Å². The molecule has 4 rings (SSSR count). The molecular weight excluding hydrogens is 366 g/mol. The molecule has 1 atom stereocenters. The molecule has 2 heterocycles. The molecule has 6 heteroatoms. The molecule has 0 spiro atoms. The Kier molecular flexibility index (Phi) is 4.68. The summed E-state index contributed by atoms with van der Waals surface area (Å²) >= 11 is 1.43. The molecule has 0 aliphatic rings. The zero-order chi connectivity index (χ0) is 19.1. The molecule has 3 nitrogen and oxygen atoms in total. The van der Waals surface area contributed by atoms with Gasteiger partial charge in [0.15, 0.2) is 23.1 Å².